The number of rotatable bonds is 2. The lowest BCUT2D eigenvalue weighted by Gasteiger charge is -2.32. The number of hydrogen-bond acceptors (Lipinski definition) is 6. The van der Waals surface area contributed by atoms with Crippen LogP contribution in [0.5, 0.6) is 0 Å². The molecular weight excluding hydrogens is 270 g/mol. The fraction of sp³-hybridized carbons (Fsp3) is 0.571. The Balaban J connectivity index is 1.66. The molecule has 106 valence electrons. The number of aromatic nitrogens is 2. The minimum atomic E-state index is 0.999. The van der Waals surface area contributed by atoms with Crippen molar-refractivity contribution in [1.29, 1.82) is 0 Å². The molecule has 0 amide bonds. The standard InChI is InChI=1S/C14H19N5S/c1-18-5-7-19(8-6-18)17-13-12-10-3-2-4-11(10)20-14(12)16-9-15-13/h9H,2-8H2,1H3,(H,15,16,17). The summed E-state index contributed by atoms with van der Waals surface area (Å²) in [4.78, 5) is 14.0. The van der Waals surface area contributed by atoms with Gasteiger partial charge in [0, 0.05) is 31.1 Å². The second kappa shape index (κ2) is 4.95. The summed E-state index contributed by atoms with van der Waals surface area (Å²) < 4.78 is 0. The van der Waals surface area contributed by atoms with Gasteiger partial charge in [0.05, 0.1) is 5.39 Å². The summed E-state index contributed by atoms with van der Waals surface area (Å²) in [6.07, 6.45) is 5.36. The van der Waals surface area contributed by atoms with E-state index < -0.39 is 0 Å². The summed E-state index contributed by atoms with van der Waals surface area (Å²) >= 11 is 1.85. The highest BCUT2D eigenvalue weighted by Gasteiger charge is 2.22. The predicted molar refractivity (Wildman–Crippen MR) is 82.1 cm³/mol. The van der Waals surface area contributed by atoms with Gasteiger partial charge in [-0.25, -0.2) is 15.0 Å². The number of hydrogen-bond donors (Lipinski definition) is 1. The van der Waals surface area contributed by atoms with Crippen LogP contribution in [0.25, 0.3) is 10.2 Å². The predicted octanol–water partition coefficient (Wildman–Crippen LogP) is 1.75. The largest absolute Gasteiger partial charge is 0.304 e. The van der Waals surface area contributed by atoms with Crippen molar-refractivity contribution in [2.24, 2.45) is 0 Å². The number of piperazine rings is 1. The number of nitrogens with one attached hydrogen (secondary N) is 1. The summed E-state index contributed by atoms with van der Waals surface area (Å²) in [7, 11) is 2.17. The summed E-state index contributed by atoms with van der Waals surface area (Å²) in [5.74, 6) is 0.999. The zero-order valence-corrected chi connectivity index (χ0v) is 12.5. The molecule has 4 rings (SSSR count). The fourth-order valence-corrected chi connectivity index (χ4v) is 4.31. The zero-order valence-electron chi connectivity index (χ0n) is 11.7. The maximum absolute atomic E-state index is 4.50. The first-order valence-corrected chi connectivity index (χ1v) is 8.08. The number of thiophene rings is 1. The minimum absolute atomic E-state index is 0.999. The average molecular weight is 289 g/mol. The second-order valence-corrected chi connectivity index (χ2v) is 6.75. The van der Waals surface area contributed by atoms with Crippen molar-refractivity contribution in [3.05, 3.63) is 16.8 Å². The summed E-state index contributed by atoms with van der Waals surface area (Å²) in [5, 5.41) is 3.55. The number of nitrogens with zero attached hydrogens (tertiary/aromatic N) is 4. The van der Waals surface area contributed by atoms with Crippen LogP contribution < -0.4 is 5.43 Å². The van der Waals surface area contributed by atoms with Crippen LogP contribution in [0.4, 0.5) is 5.82 Å². The lowest BCUT2D eigenvalue weighted by Crippen LogP contribution is -2.47. The first kappa shape index (κ1) is 12.5. The molecule has 0 aromatic carbocycles. The lowest BCUT2D eigenvalue weighted by molar-refractivity contribution is 0.178. The van der Waals surface area contributed by atoms with Crippen LogP contribution in [0.2, 0.25) is 0 Å². The van der Waals surface area contributed by atoms with Crippen molar-refractivity contribution in [3.63, 3.8) is 0 Å². The van der Waals surface area contributed by atoms with E-state index in [1.54, 1.807) is 6.33 Å². The van der Waals surface area contributed by atoms with Crippen LogP contribution in [0.1, 0.15) is 16.9 Å². The summed E-state index contributed by atoms with van der Waals surface area (Å²) in [5.41, 5.74) is 5.01. The quantitative estimate of drug-likeness (QED) is 0.912. The first-order chi connectivity index (χ1) is 9.81. The SMILES string of the molecule is CN1CCN(Nc2ncnc3sc4c(c23)CCC4)CC1. The van der Waals surface area contributed by atoms with E-state index in [4.69, 9.17) is 0 Å². The van der Waals surface area contributed by atoms with E-state index in [2.05, 4.69) is 32.4 Å². The molecule has 0 spiro atoms. The second-order valence-electron chi connectivity index (χ2n) is 5.66. The van der Waals surface area contributed by atoms with E-state index in [0.29, 0.717) is 0 Å². The minimum Gasteiger partial charge on any atom is -0.304 e. The molecule has 2 aromatic rings. The highest BCUT2D eigenvalue weighted by Crippen LogP contribution is 2.39. The van der Waals surface area contributed by atoms with Gasteiger partial charge in [-0.05, 0) is 31.9 Å². The van der Waals surface area contributed by atoms with Gasteiger partial charge in [-0.15, -0.1) is 11.3 Å². The third kappa shape index (κ3) is 2.08. The number of likely N-dealkylation sites (N-methyl/N-ethyl adjacent to an activating group) is 1. The highest BCUT2D eigenvalue weighted by atomic mass is 32.1. The average Bonchev–Trinajstić information content (AvgIpc) is 3.02. The van der Waals surface area contributed by atoms with Crippen LogP contribution in [0.15, 0.2) is 6.33 Å². The van der Waals surface area contributed by atoms with E-state index in [9.17, 15) is 0 Å². The van der Waals surface area contributed by atoms with E-state index >= 15 is 0 Å². The molecule has 1 saturated heterocycles. The van der Waals surface area contributed by atoms with Gasteiger partial charge in [-0.1, -0.05) is 0 Å². The van der Waals surface area contributed by atoms with Gasteiger partial charge in [0.1, 0.15) is 11.2 Å². The Morgan fingerprint density at radius 3 is 2.85 bits per heavy atom. The fourth-order valence-electron chi connectivity index (χ4n) is 3.08. The number of fused-ring (bicyclic) bond motifs is 3. The van der Waals surface area contributed by atoms with Gasteiger partial charge in [-0.3, -0.25) is 0 Å². The Kier molecular flexibility index (Phi) is 3.09. The van der Waals surface area contributed by atoms with E-state index in [1.165, 1.54) is 35.1 Å². The normalized spacial score (nSPS) is 20.4. The monoisotopic (exact) mass is 289 g/mol. The van der Waals surface area contributed by atoms with Gasteiger partial charge in [0.25, 0.3) is 0 Å². The van der Waals surface area contributed by atoms with Gasteiger partial charge in [-0.2, -0.15) is 0 Å². The molecule has 2 aromatic heterocycles. The Bertz CT molecular complexity index is 630. The highest BCUT2D eigenvalue weighted by molar-refractivity contribution is 7.19. The van der Waals surface area contributed by atoms with E-state index in [0.717, 1.165) is 36.8 Å². The molecule has 1 aliphatic carbocycles. The van der Waals surface area contributed by atoms with Gasteiger partial charge in [0.15, 0.2) is 5.82 Å². The third-order valence-electron chi connectivity index (χ3n) is 4.27. The zero-order chi connectivity index (χ0) is 13.5. The molecule has 5 nitrogen and oxygen atoms in total. The third-order valence-corrected chi connectivity index (χ3v) is 5.47. The maximum Gasteiger partial charge on any atom is 0.152 e. The molecule has 0 atom stereocenters. The molecule has 3 heterocycles. The molecule has 0 radical (unpaired) electrons. The lowest BCUT2D eigenvalue weighted by atomic mass is 10.2. The first-order valence-electron chi connectivity index (χ1n) is 7.26. The van der Waals surface area contributed by atoms with Crippen molar-refractivity contribution >= 4 is 27.4 Å². The van der Waals surface area contributed by atoms with E-state index in [1.807, 2.05) is 11.3 Å². The Morgan fingerprint density at radius 2 is 2.00 bits per heavy atom. The van der Waals surface area contributed by atoms with Crippen molar-refractivity contribution in [3.8, 4) is 0 Å². The van der Waals surface area contributed by atoms with Crippen molar-refractivity contribution < 1.29 is 0 Å². The summed E-state index contributed by atoms with van der Waals surface area (Å²) in [6.45, 7) is 4.27. The van der Waals surface area contributed by atoms with Gasteiger partial charge >= 0.3 is 0 Å². The molecule has 0 unspecified atom stereocenters. The molecule has 0 saturated carbocycles. The number of anilines is 1. The number of aryl methyl sites for hydroxylation is 2. The number of hydrazine groups is 1. The molecular formula is C14H19N5S. The van der Waals surface area contributed by atoms with Crippen molar-refractivity contribution in [1.82, 2.24) is 19.9 Å². The Hall–Kier alpha value is -1.24. The molecule has 0 bridgehead atoms. The molecule has 1 N–H and O–H groups in total. The Labute approximate surface area is 122 Å². The molecule has 1 aliphatic heterocycles. The maximum atomic E-state index is 4.50. The van der Waals surface area contributed by atoms with Crippen LogP contribution >= 0.6 is 11.3 Å². The van der Waals surface area contributed by atoms with Crippen LogP contribution in [0.3, 0.4) is 0 Å². The Morgan fingerprint density at radius 1 is 1.15 bits per heavy atom. The molecule has 6 heteroatoms. The van der Waals surface area contributed by atoms with Gasteiger partial charge in [0.2, 0.25) is 0 Å². The molecule has 20 heavy (non-hydrogen) atoms. The summed E-state index contributed by atoms with van der Waals surface area (Å²) in [6, 6.07) is 0. The van der Waals surface area contributed by atoms with Crippen LogP contribution in [0, 0.1) is 0 Å². The van der Waals surface area contributed by atoms with Gasteiger partial charge < -0.3 is 10.3 Å². The van der Waals surface area contributed by atoms with E-state index in [-0.39, 0.29) is 0 Å². The topological polar surface area (TPSA) is 44.3 Å². The van der Waals surface area contributed by atoms with Crippen LogP contribution in [-0.2, 0) is 12.8 Å². The van der Waals surface area contributed by atoms with Crippen LogP contribution in [-0.4, -0.2) is 53.1 Å². The van der Waals surface area contributed by atoms with Crippen molar-refractivity contribution in [2.75, 3.05) is 38.7 Å². The molecule has 1 fully saturated rings. The molecule has 2 aliphatic rings. The smallest absolute Gasteiger partial charge is 0.152 e. The van der Waals surface area contributed by atoms with Crippen molar-refractivity contribution in [2.45, 2.75) is 19.3 Å².